The van der Waals surface area contributed by atoms with Crippen molar-refractivity contribution in [3.05, 3.63) is 102 Å². The molecule has 2 unspecified atom stereocenters. The van der Waals surface area contributed by atoms with Crippen LogP contribution >= 0.6 is 12.2 Å². The monoisotopic (exact) mass is 562 g/mol. The van der Waals surface area contributed by atoms with Crippen LogP contribution in [0.2, 0.25) is 0 Å². The van der Waals surface area contributed by atoms with Crippen molar-refractivity contribution >= 4 is 44.7 Å². The summed E-state index contributed by atoms with van der Waals surface area (Å²) in [6.45, 7) is 1.82. The van der Waals surface area contributed by atoms with Gasteiger partial charge >= 0.3 is 5.97 Å². The average Bonchev–Trinajstić information content (AvgIpc) is 3.54. The van der Waals surface area contributed by atoms with Crippen molar-refractivity contribution in [1.82, 2.24) is 10.3 Å². The number of pyridine rings is 1. The highest BCUT2D eigenvalue weighted by Gasteiger charge is 2.42. The molecule has 0 aliphatic carbocycles. The van der Waals surface area contributed by atoms with Crippen LogP contribution in [0.15, 0.2) is 83.4 Å². The molecule has 2 atom stereocenters. The molecular formula is C28H26N4O5S2. The Morgan fingerprint density at radius 3 is 2.56 bits per heavy atom. The lowest BCUT2D eigenvalue weighted by Crippen LogP contribution is -2.29. The summed E-state index contributed by atoms with van der Waals surface area (Å²) >= 11 is 5.78. The van der Waals surface area contributed by atoms with Crippen LogP contribution in [-0.2, 0) is 14.8 Å². The van der Waals surface area contributed by atoms with Crippen LogP contribution in [0.1, 0.15) is 39.5 Å². The third-order valence-electron chi connectivity index (χ3n) is 6.40. The minimum atomic E-state index is -3.43. The Bertz CT molecular complexity index is 1650. The number of hydrogen-bond acceptors (Lipinski definition) is 7. The maximum Gasteiger partial charge on any atom is 0.338 e. The number of rotatable bonds is 7. The second kappa shape index (κ2) is 10.5. The van der Waals surface area contributed by atoms with Crippen LogP contribution in [-0.4, -0.2) is 37.8 Å². The molecule has 0 amide bonds. The molecule has 2 aromatic heterocycles. The number of carbonyl (C=O) groups is 1. The van der Waals surface area contributed by atoms with E-state index in [4.69, 9.17) is 21.4 Å². The predicted molar refractivity (Wildman–Crippen MR) is 153 cm³/mol. The number of aromatic nitrogens is 1. The number of aryl methyl sites for hydroxylation is 1. The summed E-state index contributed by atoms with van der Waals surface area (Å²) in [5.41, 5.74) is 3.73. The highest BCUT2D eigenvalue weighted by molar-refractivity contribution is 7.92. The van der Waals surface area contributed by atoms with E-state index in [-0.39, 0.29) is 6.04 Å². The Hall–Kier alpha value is -4.22. The second-order valence-corrected chi connectivity index (χ2v) is 11.2. The molecule has 0 radical (unpaired) electrons. The lowest BCUT2D eigenvalue weighted by molar-refractivity contribution is 0.0601. The quantitative estimate of drug-likeness (QED) is 0.238. The zero-order chi connectivity index (χ0) is 27.7. The molecule has 39 heavy (non-hydrogen) atoms. The number of benzene rings is 2. The Labute approximate surface area is 231 Å². The fourth-order valence-corrected chi connectivity index (χ4v) is 5.65. The van der Waals surface area contributed by atoms with Gasteiger partial charge in [0.05, 0.1) is 36.4 Å². The molecular weight excluding hydrogens is 536 g/mol. The summed E-state index contributed by atoms with van der Waals surface area (Å²) in [5, 5.41) is 3.84. The number of anilines is 2. The zero-order valence-corrected chi connectivity index (χ0v) is 23.0. The number of thiocarbonyl (C=S) groups is 1. The minimum absolute atomic E-state index is 0.345. The van der Waals surface area contributed by atoms with Gasteiger partial charge in [0.25, 0.3) is 0 Å². The standard InChI is InChI=1S/C28H26N4O5S2/c1-17-16-18(11-12-21(17)31-39(3,34)35)32-26(25(30-28(32)38)22-10-6-7-15-29-22)24-14-13-23(37-24)19-8-4-5-9-20(19)27(33)36-2/h4-16,25-26,31H,1-3H3,(H,30,38). The molecule has 4 aromatic rings. The molecule has 11 heteroatoms. The number of sulfonamides is 1. The maximum absolute atomic E-state index is 12.4. The number of hydrogen-bond donors (Lipinski definition) is 2. The summed E-state index contributed by atoms with van der Waals surface area (Å²) in [6, 6.07) is 21.0. The second-order valence-electron chi connectivity index (χ2n) is 9.11. The van der Waals surface area contributed by atoms with E-state index >= 15 is 0 Å². The van der Waals surface area contributed by atoms with Gasteiger partial charge in [-0.15, -0.1) is 0 Å². The van der Waals surface area contributed by atoms with Gasteiger partial charge in [-0.1, -0.05) is 24.3 Å². The predicted octanol–water partition coefficient (Wildman–Crippen LogP) is 4.99. The van der Waals surface area contributed by atoms with Gasteiger partial charge in [0.1, 0.15) is 17.6 Å². The van der Waals surface area contributed by atoms with Crippen LogP contribution in [0.5, 0.6) is 0 Å². The summed E-state index contributed by atoms with van der Waals surface area (Å²) in [7, 11) is -2.09. The van der Waals surface area contributed by atoms with Crippen LogP contribution in [0, 0.1) is 6.92 Å². The molecule has 200 valence electrons. The zero-order valence-electron chi connectivity index (χ0n) is 21.4. The van der Waals surface area contributed by atoms with Crippen molar-refractivity contribution in [2.24, 2.45) is 0 Å². The largest absolute Gasteiger partial charge is 0.465 e. The minimum Gasteiger partial charge on any atom is -0.465 e. The summed E-state index contributed by atoms with van der Waals surface area (Å²) in [4.78, 5) is 18.9. The van der Waals surface area contributed by atoms with Gasteiger partial charge in [-0.3, -0.25) is 9.71 Å². The van der Waals surface area contributed by atoms with Gasteiger partial charge in [0, 0.05) is 17.4 Å². The van der Waals surface area contributed by atoms with Gasteiger partial charge in [0.15, 0.2) is 5.11 Å². The third kappa shape index (κ3) is 5.36. The van der Waals surface area contributed by atoms with Crippen LogP contribution in [0.4, 0.5) is 11.4 Å². The highest BCUT2D eigenvalue weighted by atomic mass is 32.2. The first-order valence-corrected chi connectivity index (χ1v) is 14.3. The molecule has 1 saturated heterocycles. The van der Waals surface area contributed by atoms with Gasteiger partial charge in [-0.25, -0.2) is 13.2 Å². The molecule has 3 heterocycles. The number of ether oxygens (including phenoxy) is 1. The number of methoxy groups -OCH3 is 1. The van der Waals surface area contributed by atoms with Gasteiger partial charge in [0.2, 0.25) is 10.0 Å². The molecule has 0 saturated carbocycles. The van der Waals surface area contributed by atoms with E-state index in [1.165, 1.54) is 7.11 Å². The van der Waals surface area contributed by atoms with Gasteiger partial charge in [-0.05, 0) is 73.2 Å². The van der Waals surface area contributed by atoms with Crippen molar-refractivity contribution in [3.63, 3.8) is 0 Å². The molecule has 1 aliphatic heterocycles. The molecule has 0 bridgehead atoms. The number of nitrogens with one attached hydrogen (secondary N) is 2. The highest BCUT2D eigenvalue weighted by Crippen LogP contribution is 2.43. The molecule has 2 N–H and O–H groups in total. The Kier molecular flexibility index (Phi) is 7.11. The van der Waals surface area contributed by atoms with Crippen molar-refractivity contribution in [2.45, 2.75) is 19.0 Å². The van der Waals surface area contributed by atoms with E-state index in [1.54, 1.807) is 36.5 Å². The van der Waals surface area contributed by atoms with Crippen LogP contribution in [0.3, 0.4) is 0 Å². The molecule has 1 fully saturated rings. The van der Waals surface area contributed by atoms with Crippen molar-refractivity contribution < 1.29 is 22.4 Å². The summed E-state index contributed by atoms with van der Waals surface area (Å²) < 4.78 is 37.5. The molecule has 2 aromatic carbocycles. The fourth-order valence-electron chi connectivity index (χ4n) is 4.68. The molecule has 9 nitrogen and oxygen atoms in total. The van der Waals surface area contributed by atoms with Crippen molar-refractivity contribution in [3.8, 4) is 11.3 Å². The third-order valence-corrected chi connectivity index (χ3v) is 7.30. The van der Waals surface area contributed by atoms with Crippen molar-refractivity contribution in [2.75, 3.05) is 23.0 Å². The topological polar surface area (TPSA) is 114 Å². The molecule has 5 rings (SSSR count). The Morgan fingerprint density at radius 2 is 1.87 bits per heavy atom. The average molecular weight is 563 g/mol. The van der Waals surface area contributed by atoms with E-state index in [0.717, 1.165) is 23.2 Å². The molecule has 0 spiro atoms. The number of furan rings is 1. The van der Waals surface area contributed by atoms with E-state index in [0.29, 0.717) is 33.4 Å². The van der Waals surface area contributed by atoms with E-state index < -0.39 is 22.0 Å². The van der Waals surface area contributed by atoms with Gasteiger partial charge in [-0.2, -0.15) is 0 Å². The van der Waals surface area contributed by atoms with Crippen LogP contribution < -0.4 is 14.9 Å². The Balaban J connectivity index is 1.59. The Morgan fingerprint density at radius 1 is 1.10 bits per heavy atom. The summed E-state index contributed by atoms with van der Waals surface area (Å²) in [5.74, 6) is 0.648. The fraction of sp³-hybridized carbons (Fsp3) is 0.179. The molecule has 1 aliphatic rings. The van der Waals surface area contributed by atoms with Crippen molar-refractivity contribution in [1.29, 1.82) is 0 Å². The number of esters is 1. The van der Waals surface area contributed by atoms with Gasteiger partial charge < -0.3 is 19.4 Å². The van der Waals surface area contributed by atoms with E-state index in [2.05, 4.69) is 15.0 Å². The number of nitrogens with zero attached hydrogens (tertiary/aromatic N) is 2. The first kappa shape index (κ1) is 26.4. The van der Waals surface area contributed by atoms with E-state index in [9.17, 15) is 13.2 Å². The number of carbonyl (C=O) groups excluding carboxylic acids is 1. The SMILES string of the molecule is COC(=O)c1ccccc1-c1ccc(C2C(c3ccccn3)NC(=S)N2c2ccc(NS(C)(=O)=O)c(C)c2)o1. The first-order chi connectivity index (χ1) is 18.7. The summed E-state index contributed by atoms with van der Waals surface area (Å²) in [6.07, 6.45) is 2.83. The van der Waals surface area contributed by atoms with E-state index in [1.807, 2.05) is 54.3 Å². The van der Waals surface area contributed by atoms with Crippen LogP contribution in [0.25, 0.3) is 11.3 Å². The maximum atomic E-state index is 12.4. The lowest BCUT2D eigenvalue weighted by Gasteiger charge is -2.27. The smallest absolute Gasteiger partial charge is 0.338 e. The lowest BCUT2D eigenvalue weighted by atomic mass is 10.0. The first-order valence-electron chi connectivity index (χ1n) is 12.0. The normalized spacial score (nSPS) is 17.1.